The van der Waals surface area contributed by atoms with E-state index in [9.17, 15) is 27.2 Å². The van der Waals surface area contributed by atoms with Gasteiger partial charge in [-0.2, -0.15) is 0 Å². The largest absolute Gasteiger partial charge is 0.442 e. The molecule has 0 unspecified atom stereocenters. The van der Waals surface area contributed by atoms with Gasteiger partial charge >= 0.3 is 6.09 Å². The lowest BCUT2D eigenvalue weighted by atomic mass is 10.2. The van der Waals surface area contributed by atoms with E-state index in [0.717, 1.165) is 6.26 Å². The highest BCUT2D eigenvalue weighted by Crippen LogP contribution is 2.28. The highest BCUT2D eigenvalue weighted by Gasteiger charge is 2.33. The lowest BCUT2D eigenvalue weighted by Crippen LogP contribution is -2.54. The van der Waals surface area contributed by atoms with Crippen molar-refractivity contribution in [2.24, 2.45) is 5.73 Å². The number of carbonyl (C=O) groups is 3. The summed E-state index contributed by atoms with van der Waals surface area (Å²) in [5.74, 6) is -1.64. The molecule has 0 aromatic heterocycles. The molecule has 3 amide bonds. The molecule has 2 saturated heterocycles. The molecule has 3 N–H and O–H groups in total. The van der Waals surface area contributed by atoms with Crippen molar-refractivity contribution in [1.82, 2.24) is 10.2 Å². The lowest BCUT2D eigenvalue weighted by Gasteiger charge is -2.37. The summed E-state index contributed by atoms with van der Waals surface area (Å²) < 4.78 is 42.8. The van der Waals surface area contributed by atoms with Gasteiger partial charge in [0.1, 0.15) is 21.8 Å². The van der Waals surface area contributed by atoms with Crippen molar-refractivity contribution in [1.29, 1.82) is 0 Å². The van der Waals surface area contributed by atoms with Gasteiger partial charge in [0, 0.05) is 39.4 Å². The van der Waals surface area contributed by atoms with Gasteiger partial charge in [-0.05, 0) is 18.2 Å². The summed E-state index contributed by atoms with van der Waals surface area (Å²) >= 11 is 0. The van der Waals surface area contributed by atoms with Crippen LogP contribution in [0.5, 0.6) is 0 Å². The summed E-state index contributed by atoms with van der Waals surface area (Å²) in [6.07, 6.45) is -0.117. The Labute approximate surface area is 191 Å². The number of anilines is 2. The zero-order valence-electron chi connectivity index (χ0n) is 18.5. The minimum absolute atomic E-state index is 0.176. The van der Waals surface area contributed by atoms with E-state index in [1.165, 1.54) is 22.8 Å². The molecule has 2 heterocycles. The molecule has 33 heavy (non-hydrogen) atoms. The van der Waals surface area contributed by atoms with Crippen molar-refractivity contribution in [3.05, 3.63) is 24.0 Å². The van der Waals surface area contributed by atoms with Crippen LogP contribution in [-0.2, 0) is 24.2 Å². The van der Waals surface area contributed by atoms with Crippen molar-refractivity contribution in [2.75, 3.05) is 61.1 Å². The first-order valence-electron chi connectivity index (χ1n) is 10.4. The summed E-state index contributed by atoms with van der Waals surface area (Å²) in [6.45, 7) is 2.97. The third kappa shape index (κ3) is 6.32. The number of rotatable bonds is 7. The van der Waals surface area contributed by atoms with Gasteiger partial charge in [-0.1, -0.05) is 0 Å². The Morgan fingerprint density at radius 1 is 1.27 bits per heavy atom. The average molecular weight is 486 g/mol. The van der Waals surface area contributed by atoms with Crippen LogP contribution in [0.15, 0.2) is 18.2 Å². The van der Waals surface area contributed by atoms with Gasteiger partial charge < -0.3 is 25.6 Å². The van der Waals surface area contributed by atoms with E-state index in [1.807, 2.05) is 0 Å². The summed E-state index contributed by atoms with van der Waals surface area (Å²) in [5, 5.41) is 2.58. The van der Waals surface area contributed by atoms with Crippen molar-refractivity contribution < 1.29 is 31.9 Å². The van der Waals surface area contributed by atoms with E-state index in [-0.39, 0.29) is 32.1 Å². The highest BCUT2D eigenvalue weighted by atomic mass is 32.2. The Kier molecular flexibility index (Phi) is 7.42. The average Bonchev–Trinajstić information content (AvgIpc) is 3.11. The van der Waals surface area contributed by atoms with Crippen LogP contribution in [0.2, 0.25) is 0 Å². The van der Waals surface area contributed by atoms with Crippen LogP contribution in [0.3, 0.4) is 0 Å². The number of amides is 3. The van der Waals surface area contributed by atoms with Crippen molar-refractivity contribution >= 4 is 39.1 Å². The normalized spacial score (nSPS) is 19.9. The standard InChI is InChI=1S/C20H28FN5O6S/c1-13(27)23-10-15-11-26(20(29)32-15)14-3-4-18(16(21)9-14)24-5-7-25(8-6-24)19(28)17(22)12-33(2,30)31/h3-4,9,15,17H,5-8,10-12,22H2,1-2H3,(H,23,27)/t15-,17+/m0/s1. The number of benzene rings is 1. The highest BCUT2D eigenvalue weighted by molar-refractivity contribution is 7.90. The maximum atomic E-state index is 14.9. The molecule has 2 atom stereocenters. The zero-order chi connectivity index (χ0) is 24.3. The third-order valence-electron chi connectivity index (χ3n) is 5.43. The molecule has 0 spiro atoms. The van der Waals surface area contributed by atoms with Gasteiger partial charge in [0.25, 0.3) is 0 Å². The van der Waals surface area contributed by atoms with E-state index in [0.29, 0.717) is 24.5 Å². The molecule has 182 valence electrons. The van der Waals surface area contributed by atoms with Gasteiger partial charge in [0.2, 0.25) is 11.8 Å². The van der Waals surface area contributed by atoms with Gasteiger partial charge in [0.15, 0.2) is 0 Å². The Hall–Kier alpha value is -2.93. The summed E-state index contributed by atoms with van der Waals surface area (Å²) in [4.78, 5) is 40.1. The number of cyclic esters (lactones) is 1. The number of nitrogens with one attached hydrogen (secondary N) is 1. The van der Waals surface area contributed by atoms with Crippen LogP contribution < -0.4 is 20.9 Å². The second-order valence-electron chi connectivity index (χ2n) is 8.20. The Bertz CT molecular complexity index is 1030. The number of halogens is 1. The Morgan fingerprint density at radius 3 is 2.52 bits per heavy atom. The van der Waals surface area contributed by atoms with Crippen molar-refractivity contribution in [3.63, 3.8) is 0 Å². The molecule has 2 fully saturated rings. The number of hydrogen-bond acceptors (Lipinski definition) is 8. The predicted molar refractivity (Wildman–Crippen MR) is 119 cm³/mol. The SMILES string of the molecule is CC(=O)NC[C@H]1CN(c2ccc(N3CCN(C(=O)[C@H](N)CS(C)(=O)=O)CC3)c(F)c2)C(=O)O1. The number of carbonyl (C=O) groups excluding carboxylic acids is 3. The second kappa shape index (κ2) is 9.91. The Morgan fingerprint density at radius 2 is 1.94 bits per heavy atom. The molecule has 13 heteroatoms. The third-order valence-corrected chi connectivity index (χ3v) is 6.39. The molecule has 0 aliphatic carbocycles. The van der Waals surface area contributed by atoms with Crippen LogP contribution in [0, 0.1) is 5.82 Å². The van der Waals surface area contributed by atoms with Gasteiger partial charge in [-0.25, -0.2) is 17.6 Å². The molecule has 1 aromatic rings. The van der Waals surface area contributed by atoms with Crippen LogP contribution in [0.25, 0.3) is 0 Å². The fourth-order valence-electron chi connectivity index (χ4n) is 3.82. The number of nitrogens with two attached hydrogens (primary N) is 1. The van der Waals surface area contributed by atoms with Gasteiger partial charge in [-0.15, -0.1) is 0 Å². The molecular formula is C20H28FN5O6S. The smallest absolute Gasteiger partial charge is 0.414 e. The zero-order valence-corrected chi connectivity index (χ0v) is 19.3. The van der Waals surface area contributed by atoms with E-state index < -0.39 is 45.6 Å². The number of piperazine rings is 1. The monoisotopic (exact) mass is 485 g/mol. The van der Waals surface area contributed by atoms with Gasteiger partial charge in [-0.3, -0.25) is 14.5 Å². The number of hydrogen-bond donors (Lipinski definition) is 2. The first-order chi connectivity index (χ1) is 15.4. The van der Waals surface area contributed by atoms with Gasteiger partial charge in [0.05, 0.1) is 36.3 Å². The molecule has 0 bridgehead atoms. The minimum atomic E-state index is -3.38. The molecule has 0 saturated carbocycles. The van der Waals surface area contributed by atoms with E-state index in [4.69, 9.17) is 10.5 Å². The van der Waals surface area contributed by atoms with Crippen LogP contribution in [-0.4, -0.2) is 94.6 Å². The molecule has 2 aliphatic heterocycles. The number of ether oxygens (including phenoxy) is 1. The molecule has 0 radical (unpaired) electrons. The lowest BCUT2D eigenvalue weighted by molar-refractivity contribution is -0.132. The van der Waals surface area contributed by atoms with Crippen LogP contribution in [0.1, 0.15) is 6.92 Å². The number of nitrogens with zero attached hydrogens (tertiary/aromatic N) is 3. The maximum Gasteiger partial charge on any atom is 0.414 e. The van der Waals surface area contributed by atoms with E-state index >= 15 is 0 Å². The van der Waals surface area contributed by atoms with Crippen molar-refractivity contribution in [2.45, 2.75) is 19.1 Å². The minimum Gasteiger partial charge on any atom is -0.442 e. The summed E-state index contributed by atoms with van der Waals surface area (Å²) in [6, 6.07) is 3.29. The number of sulfone groups is 1. The predicted octanol–water partition coefficient (Wildman–Crippen LogP) is -0.692. The first kappa shape index (κ1) is 24.7. The first-order valence-corrected chi connectivity index (χ1v) is 12.5. The summed E-state index contributed by atoms with van der Waals surface area (Å²) in [7, 11) is -3.38. The maximum absolute atomic E-state index is 14.9. The molecule has 11 nitrogen and oxygen atoms in total. The van der Waals surface area contributed by atoms with E-state index in [2.05, 4.69) is 5.32 Å². The molecule has 1 aromatic carbocycles. The van der Waals surface area contributed by atoms with Crippen molar-refractivity contribution in [3.8, 4) is 0 Å². The molecular weight excluding hydrogens is 457 g/mol. The van der Waals surface area contributed by atoms with E-state index in [1.54, 1.807) is 17.0 Å². The fraction of sp³-hybridized carbons (Fsp3) is 0.550. The molecule has 3 rings (SSSR count). The quantitative estimate of drug-likeness (QED) is 0.517. The summed E-state index contributed by atoms with van der Waals surface area (Å²) in [5.41, 5.74) is 6.40. The molecule has 2 aliphatic rings. The fourth-order valence-corrected chi connectivity index (χ4v) is 4.61. The topological polar surface area (TPSA) is 142 Å². The van der Waals surface area contributed by atoms with Crippen LogP contribution in [0.4, 0.5) is 20.6 Å². The second-order valence-corrected chi connectivity index (χ2v) is 10.4. The van der Waals surface area contributed by atoms with Crippen LogP contribution >= 0.6 is 0 Å². The Balaban J connectivity index is 1.59.